The molecule has 1 aromatic carbocycles. The van der Waals surface area contributed by atoms with Crippen LogP contribution in [-0.4, -0.2) is 23.3 Å². The van der Waals surface area contributed by atoms with Crippen LogP contribution in [0.5, 0.6) is 0 Å². The second-order valence-corrected chi connectivity index (χ2v) is 5.85. The molecular formula is C14H16BrF2NO. The van der Waals surface area contributed by atoms with Crippen molar-refractivity contribution < 1.29 is 13.6 Å². The fourth-order valence-corrected chi connectivity index (χ4v) is 2.95. The van der Waals surface area contributed by atoms with Crippen LogP contribution in [0.25, 0.3) is 0 Å². The zero-order valence-corrected chi connectivity index (χ0v) is 12.3. The molecule has 1 aromatic rings. The fraction of sp³-hybridized carbons (Fsp3) is 0.500. The van der Waals surface area contributed by atoms with Crippen LogP contribution >= 0.6 is 15.9 Å². The van der Waals surface area contributed by atoms with Crippen molar-refractivity contribution in [2.75, 3.05) is 6.54 Å². The highest BCUT2D eigenvalue weighted by molar-refractivity contribution is 9.10. The number of halogens is 3. The monoisotopic (exact) mass is 331 g/mol. The van der Waals surface area contributed by atoms with E-state index < -0.39 is 11.6 Å². The number of nitrogens with zero attached hydrogens (tertiary/aromatic N) is 1. The first kappa shape index (κ1) is 14.6. The maximum atomic E-state index is 13.9. The second-order valence-electron chi connectivity index (χ2n) is 4.99. The Labute approximate surface area is 119 Å². The van der Waals surface area contributed by atoms with Gasteiger partial charge in [-0.2, -0.15) is 0 Å². The number of carbonyl (C=O) groups excluding carboxylic acids is 1. The van der Waals surface area contributed by atoms with Gasteiger partial charge in [0.05, 0.1) is 4.47 Å². The second kappa shape index (κ2) is 6.09. The van der Waals surface area contributed by atoms with Crippen LogP contribution in [0.4, 0.5) is 8.78 Å². The highest BCUT2D eigenvalue weighted by Gasteiger charge is 2.27. The van der Waals surface area contributed by atoms with Gasteiger partial charge in [0.25, 0.3) is 0 Å². The first-order valence-corrected chi connectivity index (χ1v) is 7.14. The number of benzene rings is 1. The molecule has 5 heteroatoms. The summed E-state index contributed by atoms with van der Waals surface area (Å²) >= 11 is 3.07. The number of hydrogen-bond donors (Lipinski definition) is 0. The van der Waals surface area contributed by atoms with Gasteiger partial charge in [-0.25, -0.2) is 8.78 Å². The zero-order valence-electron chi connectivity index (χ0n) is 10.8. The molecule has 104 valence electrons. The molecule has 19 heavy (non-hydrogen) atoms. The van der Waals surface area contributed by atoms with E-state index >= 15 is 0 Å². The Morgan fingerprint density at radius 1 is 1.47 bits per heavy atom. The molecule has 0 spiro atoms. The topological polar surface area (TPSA) is 20.3 Å². The van der Waals surface area contributed by atoms with Crippen molar-refractivity contribution in [3.05, 3.63) is 33.8 Å². The first-order valence-electron chi connectivity index (χ1n) is 6.35. The quantitative estimate of drug-likeness (QED) is 0.784. The van der Waals surface area contributed by atoms with E-state index in [-0.39, 0.29) is 28.4 Å². The van der Waals surface area contributed by atoms with E-state index in [9.17, 15) is 13.6 Å². The molecule has 1 atom stereocenters. The van der Waals surface area contributed by atoms with Crippen molar-refractivity contribution in [3.63, 3.8) is 0 Å². The third-order valence-corrected chi connectivity index (χ3v) is 4.13. The molecule has 1 unspecified atom stereocenters. The molecule has 1 saturated heterocycles. The van der Waals surface area contributed by atoms with Gasteiger partial charge in [-0.1, -0.05) is 0 Å². The molecule has 0 saturated carbocycles. The summed E-state index contributed by atoms with van der Waals surface area (Å²) in [7, 11) is 0. The lowest BCUT2D eigenvalue weighted by molar-refractivity contribution is -0.118. The Morgan fingerprint density at radius 2 is 2.21 bits per heavy atom. The third kappa shape index (κ3) is 3.39. The van der Waals surface area contributed by atoms with Crippen LogP contribution in [0.3, 0.4) is 0 Å². The Morgan fingerprint density at radius 3 is 2.89 bits per heavy atom. The lowest BCUT2D eigenvalue weighted by atomic mass is 10.1. The molecule has 0 radical (unpaired) electrons. The van der Waals surface area contributed by atoms with E-state index in [0.29, 0.717) is 6.42 Å². The molecule has 0 aliphatic carbocycles. The Bertz CT molecular complexity index is 493. The fourth-order valence-electron chi connectivity index (χ4n) is 2.58. The maximum absolute atomic E-state index is 13.9. The van der Waals surface area contributed by atoms with Crippen LogP contribution in [0.15, 0.2) is 16.6 Å². The molecule has 1 aliphatic heterocycles. The van der Waals surface area contributed by atoms with Gasteiger partial charge in [0.1, 0.15) is 17.4 Å². The molecule has 1 heterocycles. The summed E-state index contributed by atoms with van der Waals surface area (Å²) in [5.41, 5.74) is 0.0739. The van der Waals surface area contributed by atoms with Gasteiger partial charge in [0.2, 0.25) is 0 Å². The Kier molecular flexibility index (Phi) is 4.68. The normalized spacial score (nSPS) is 19.9. The third-order valence-electron chi connectivity index (χ3n) is 3.52. The Balaban J connectivity index is 2.16. The predicted octanol–water partition coefficient (Wildman–Crippen LogP) is 3.67. The van der Waals surface area contributed by atoms with Crippen LogP contribution < -0.4 is 0 Å². The standard InChI is InChI=1S/C14H16BrF2NO/c1-9(19)7-10-3-2-6-18(10)8-11-13(16)5-4-12(15)14(11)17/h4-5,10H,2-3,6-8H2,1H3. The molecule has 1 aliphatic rings. The summed E-state index contributed by atoms with van der Waals surface area (Å²) in [5.74, 6) is -0.963. The molecule has 0 N–H and O–H groups in total. The van der Waals surface area contributed by atoms with Gasteiger partial charge >= 0.3 is 0 Å². The molecular weight excluding hydrogens is 316 g/mol. The van der Waals surface area contributed by atoms with E-state index in [2.05, 4.69) is 15.9 Å². The summed E-state index contributed by atoms with van der Waals surface area (Å²) < 4.78 is 27.9. The minimum absolute atomic E-state index is 0.0739. The molecule has 2 nitrogen and oxygen atoms in total. The minimum Gasteiger partial charge on any atom is -0.300 e. The maximum Gasteiger partial charge on any atom is 0.144 e. The summed E-state index contributed by atoms with van der Waals surface area (Å²) in [4.78, 5) is 13.2. The van der Waals surface area contributed by atoms with Gasteiger partial charge in [-0.05, 0) is 54.4 Å². The molecule has 0 aromatic heterocycles. The number of hydrogen-bond acceptors (Lipinski definition) is 2. The number of Topliss-reactive ketones (excluding diaryl/α,β-unsaturated/α-hetero) is 1. The van der Waals surface area contributed by atoms with Crippen molar-refractivity contribution >= 4 is 21.7 Å². The number of carbonyl (C=O) groups is 1. The summed E-state index contributed by atoms with van der Waals surface area (Å²) in [5, 5.41) is 0. The van der Waals surface area contributed by atoms with Crippen LogP contribution in [0.2, 0.25) is 0 Å². The van der Waals surface area contributed by atoms with Crippen molar-refractivity contribution in [1.29, 1.82) is 0 Å². The predicted molar refractivity (Wildman–Crippen MR) is 72.8 cm³/mol. The Hall–Kier alpha value is -0.810. The van der Waals surface area contributed by atoms with Gasteiger partial charge in [-0.15, -0.1) is 0 Å². The average Bonchev–Trinajstić information content (AvgIpc) is 2.76. The van der Waals surface area contributed by atoms with Crippen LogP contribution in [0.1, 0.15) is 31.7 Å². The van der Waals surface area contributed by atoms with Crippen molar-refractivity contribution in [1.82, 2.24) is 4.90 Å². The highest BCUT2D eigenvalue weighted by atomic mass is 79.9. The lowest BCUT2D eigenvalue weighted by Crippen LogP contribution is -2.31. The largest absolute Gasteiger partial charge is 0.300 e. The molecule has 0 amide bonds. The SMILES string of the molecule is CC(=O)CC1CCCN1Cc1c(F)ccc(Br)c1F. The van der Waals surface area contributed by atoms with Crippen molar-refractivity contribution in [2.24, 2.45) is 0 Å². The van der Waals surface area contributed by atoms with Crippen molar-refractivity contribution in [3.8, 4) is 0 Å². The summed E-state index contributed by atoms with van der Waals surface area (Å²) in [6.07, 6.45) is 2.34. The van der Waals surface area contributed by atoms with E-state index in [1.165, 1.54) is 12.1 Å². The van der Waals surface area contributed by atoms with E-state index in [1.54, 1.807) is 6.92 Å². The van der Waals surface area contributed by atoms with Crippen LogP contribution in [-0.2, 0) is 11.3 Å². The summed E-state index contributed by atoms with van der Waals surface area (Å²) in [6.45, 7) is 2.55. The smallest absolute Gasteiger partial charge is 0.144 e. The van der Waals surface area contributed by atoms with Gasteiger partial charge in [0, 0.05) is 24.6 Å². The minimum atomic E-state index is -0.548. The molecule has 0 bridgehead atoms. The lowest BCUT2D eigenvalue weighted by Gasteiger charge is -2.24. The number of likely N-dealkylation sites (tertiary alicyclic amines) is 1. The number of rotatable bonds is 4. The number of ketones is 1. The van der Waals surface area contributed by atoms with Gasteiger partial charge < -0.3 is 0 Å². The summed E-state index contributed by atoms with van der Waals surface area (Å²) in [6, 6.07) is 2.74. The first-order chi connectivity index (χ1) is 8.99. The van der Waals surface area contributed by atoms with E-state index in [1.807, 2.05) is 4.90 Å². The molecule has 2 rings (SSSR count). The highest BCUT2D eigenvalue weighted by Crippen LogP contribution is 2.27. The van der Waals surface area contributed by atoms with E-state index in [0.717, 1.165) is 19.4 Å². The zero-order chi connectivity index (χ0) is 14.0. The van der Waals surface area contributed by atoms with Crippen molar-refractivity contribution in [2.45, 2.75) is 38.8 Å². The van der Waals surface area contributed by atoms with Gasteiger partial charge in [-0.3, -0.25) is 9.69 Å². The van der Waals surface area contributed by atoms with Gasteiger partial charge in [0.15, 0.2) is 0 Å². The molecule has 1 fully saturated rings. The average molecular weight is 332 g/mol. The van der Waals surface area contributed by atoms with Crippen LogP contribution in [0, 0.1) is 11.6 Å². The van der Waals surface area contributed by atoms with E-state index in [4.69, 9.17) is 0 Å².